The Morgan fingerprint density at radius 1 is 0.872 bits per heavy atom. The number of halogens is 2. The first kappa shape index (κ1) is 30.9. The molecule has 0 aliphatic carbocycles. The third kappa shape index (κ3) is 10.5. The summed E-state index contributed by atoms with van der Waals surface area (Å²) in [6.07, 6.45) is -1.23. The maximum atomic E-state index is 14.3. The molecule has 2 rings (SSSR count). The molecular weight excluding hydrogens is 514 g/mol. The van der Waals surface area contributed by atoms with Gasteiger partial charge in [0.25, 0.3) is 5.91 Å². The van der Waals surface area contributed by atoms with E-state index in [0.717, 1.165) is 6.07 Å². The van der Waals surface area contributed by atoms with Crippen LogP contribution in [0.2, 0.25) is 0 Å². The Hall–Kier alpha value is -4.35. The minimum absolute atomic E-state index is 0.123. The normalized spacial score (nSPS) is 11.7. The molecule has 0 heterocycles. The first-order chi connectivity index (χ1) is 18.3. The summed E-state index contributed by atoms with van der Waals surface area (Å²) in [6, 6.07) is 8.20. The topological polar surface area (TPSA) is 154 Å². The van der Waals surface area contributed by atoms with Crippen LogP contribution in [-0.2, 0) is 19.2 Å². The Kier molecular flexibility index (Phi) is 11.1. The number of hydrogen-bond acceptors (Lipinski definition) is 5. The molecule has 12 heteroatoms. The van der Waals surface area contributed by atoms with Crippen molar-refractivity contribution in [1.82, 2.24) is 21.3 Å². The van der Waals surface area contributed by atoms with Gasteiger partial charge in [0.15, 0.2) is 0 Å². The zero-order chi connectivity index (χ0) is 29.2. The van der Waals surface area contributed by atoms with Gasteiger partial charge >= 0.3 is 5.97 Å². The molecule has 0 bridgehead atoms. The van der Waals surface area contributed by atoms with Crippen LogP contribution in [0.15, 0.2) is 42.5 Å². The van der Waals surface area contributed by atoms with Gasteiger partial charge in [0.2, 0.25) is 17.7 Å². The van der Waals surface area contributed by atoms with Gasteiger partial charge in [-0.2, -0.15) is 0 Å². The minimum Gasteiger partial charge on any atom is -0.481 e. The summed E-state index contributed by atoms with van der Waals surface area (Å²) in [7, 11) is 0. The maximum Gasteiger partial charge on any atom is 0.303 e. The van der Waals surface area contributed by atoms with Gasteiger partial charge in [-0.1, -0.05) is 24.3 Å². The van der Waals surface area contributed by atoms with Crippen molar-refractivity contribution in [3.8, 4) is 11.1 Å². The number of carbonyl (C=O) groups excluding carboxylic acids is 4. The van der Waals surface area contributed by atoms with E-state index < -0.39 is 65.7 Å². The first-order valence-electron chi connectivity index (χ1n) is 12.2. The Morgan fingerprint density at radius 2 is 1.54 bits per heavy atom. The van der Waals surface area contributed by atoms with Crippen molar-refractivity contribution in [3.63, 3.8) is 0 Å². The van der Waals surface area contributed by atoms with Crippen LogP contribution in [0, 0.1) is 11.6 Å². The second kappa shape index (κ2) is 14.0. The minimum atomic E-state index is -1.29. The van der Waals surface area contributed by atoms with Crippen molar-refractivity contribution in [2.75, 3.05) is 13.1 Å². The lowest BCUT2D eigenvalue weighted by atomic mass is 10.0. The molecule has 210 valence electrons. The largest absolute Gasteiger partial charge is 0.481 e. The average molecular weight is 547 g/mol. The van der Waals surface area contributed by atoms with E-state index >= 15 is 0 Å². The molecule has 0 saturated heterocycles. The summed E-state index contributed by atoms with van der Waals surface area (Å²) >= 11 is 0. The van der Waals surface area contributed by atoms with Crippen molar-refractivity contribution in [1.29, 1.82) is 0 Å². The molecular formula is C27H32F2N4O6. The van der Waals surface area contributed by atoms with E-state index in [2.05, 4.69) is 21.3 Å². The highest BCUT2D eigenvalue weighted by Crippen LogP contribution is 2.24. The summed E-state index contributed by atoms with van der Waals surface area (Å²) in [5.41, 5.74) is -0.396. The molecule has 4 amide bonds. The van der Waals surface area contributed by atoms with Gasteiger partial charge in [-0.15, -0.1) is 0 Å². The highest BCUT2D eigenvalue weighted by atomic mass is 19.1. The standard InChI is InChI=1S/C27H32F2N4O6/c1-27(2,3)33-23(35)15-21(32-22(34)10-11-24(36)37)26(39)31-13-12-30-25(38)18-14-16(8-9-20(18)29)17-6-4-5-7-19(17)28/h4-9,14,21H,10-13,15H2,1-3H3,(H,30,38)(H,31,39)(H,32,34)(H,33,35)(H,36,37)/t21-/m0/s1. The van der Waals surface area contributed by atoms with Gasteiger partial charge in [0.05, 0.1) is 18.4 Å². The van der Waals surface area contributed by atoms with E-state index in [1.54, 1.807) is 26.8 Å². The van der Waals surface area contributed by atoms with Crippen LogP contribution in [-0.4, -0.2) is 59.4 Å². The van der Waals surface area contributed by atoms with Gasteiger partial charge in [-0.05, 0) is 44.5 Å². The molecule has 0 fully saturated rings. The average Bonchev–Trinajstić information content (AvgIpc) is 2.84. The SMILES string of the molecule is CC(C)(C)NC(=O)C[C@H](NC(=O)CCC(=O)O)C(=O)NCCNC(=O)c1cc(-c2ccccc2F)ccc1F. The monoisotopic (exact) mass is 546 g/mol. The fraction of sp³-hybridized carbons (Fsp3) is 0.370. The van der Waals surface area contributed by atoms with Gasteiger partial charge in [0.1, 0.15) is 17.7 Å². The number of carboxylic acids is 1. The molecule has 0 radical (unpaired) electrons. The number of carboxylic acid groups (broad SMARTS) is 1. The Bertz CT molecular complexity index is 1230. The molecule has 0 aliphatic heterocycles. The molecule has 5 N–H and O–H groups in total. The van der Waals surface area contributed by atoms with E-state index in [1.165, 1.54) is 30.3 Å². The molecule has 10 nitrogen and oxygen atoms in total. The third-order valence-electron chi connectivity index (χ3n) is 5.23. The molecule has 0 aromatic heterocycles. The molecule has 1 atom stereocenters. The second-order valence-corrected chi connectivity index (χ2v) is 9.74. The van der Waals surface area contributed by atoms with Crippen LogP contribution < -0.4 is 21.3 Å². The van der Waals surface area contributed by atoms with Crippen LogP contribution >= 0.6 is 0 Å². The van der Waals surface area contributed by atoms with Crippen molar-refractivity contribution in [2.45, 2.75) is 51.6 Å². The number of carbonyl (C=O) groups is 5. The summed E-state index contributed by atoms with van der Waals surface area (Å²) in [6.45, 7) is 4.97. The predicted molar refractivity (Wildman–Crippen MR) is 138 cm³/mol. The zero-order valence-corrected chi connectivity index (χ0v) is 21.9. The Balaban J connectivity index is 1.98. The first-order valence-corrected chi connectivity index (χ1v) is 12.2. The fourth-order valence-electron chi connectivity index (χ4n) is 3.49. The highest BCUT2D eigenvalue weighted by molar-refractivity contribution is 5.96. The van der Waals surface area contributed by atoms with Crippen LogP contribution in [0.4, 0.5) is 8.78 Å². The van der Waals surface area contributed by atoms with Gasteiger partial charge < -0.3 is 26.4 Å². The quantitative estimate of drug-likeness (QED) is 0.257. The van der Waals surface area contributed by atoms with Crippen LogP contribution in [0.1, 0.15) is 50.4 Å². The van der Waals surface area contributed by atoms with Crippen LogP contribution in [0.3, 0.4) is 0 Å². The second-order valence-electron chi connectivity index (χ2n) is 9.74. The molecule has 39 heavy (non-hydrogen) atoms. The predicted octanol–water partition coefficient (Wildman–Crippen LogP) is 2.13. The summed E-state index contributed by atoms with van der Waals surface area (Å²) in [5.74, 6) is -5.29. The van der Waals surface area contributed by atoms with E-state index in [4.69, 9.17) is 5.11 Å². The molecule has 2 aromatic carbocycles. The number of nitrogens with one attached hydrogen (secondary N) is 4. The Labute approximate surface area is 224 Å². The lowest BCUT2D eigenvalue weighted by molar-refractivity contribution is -0.139. The van der Waals surface area contributed by atoms with E-state index in [9.17, 15) is 32.8 Å². The number of benzene rings is 2. The van der Waals surface area contributed by atoms with Crippen LogP contribution in [0.25, 0.3) is 11.1 Å². The fourth-order valence-corrected chi connectivity index (χ4v) is 3.49. The molecule has 0 spiro atoms. The summed E-state index contributed by atoms with van der Waals surface area (Å²) in [5, 5.41) is 18.7. The van der Waals surface area contributed by atoms with E-state index in [0.29, 0.717) is 5.56 Å². The van der Waals surface area contributed by atoms with Gasteiger partial charge in [0, 0.05) is 30.6 Å². The van der Waals surface area contributed by atoms with Gasteiger partial charge in [-0.25, -0.2) is 8.78 Å². The molecule has 2 aromatic rings. The smallest absolute Gasteiger partial charge is 0.303 e. The van der Waals surface area contributed by atoms with Crippen molar-refractivity contribution >= 4 is 29.6 Å². The molecule has 0 aliphatic rings. The van der Waals surface area contributed by atoms with Gasteiger partial charge in [-0.3, -0.25) is 24.0 Å². The summed E-state index contributed by atoms with van der Waals surface area (Å²) in [4.78, 5) is 60.4. The lowest BCUT2D eigenvalue weighted by Gasteiger charge is -2.23. The zero-order valence-electron chi connectivity index (χ0n) is 21.9. The number of aliphatic carboxylic acids is 1. The molecule has 0 saturated carbocycles. The number of rotatable bonds is 12. The maximum absolute atomic E-state index is 14.3. The van der Waals surface area contributed by atoms with Crippen LogP contribution in [0.5, 0.6) is 0 Å². The summed E-state index contributed by atoms with van der Waals surface area (Å²) < 4.78 is 28.4. The lowest BCUT2D eigenvalue weighted by Crippen LogP contribution is -2.51. The van der Waals surface area contributed by atoms with Crippen molar-refractivity contribution in [2.24, 2.45) is 0 Å². The van der Waals surface area contributed by atoms with Crippen molar-refractivity contribution in [3.05, 3.63) is 59.7 Å². The Morgan fingerprint density at radius 3 is 2.18 bits per heavy atom. The van der Waals surface area contributed by atoms with E-state index in [-0.39, 0.29) is 30.6 Å². The van der Waals surface area contributed by atoms with E-state index in [1.807, 2.05) is 0 Å². The molecule has 0 unspecified atom stereocenters. The number of hydrogen-bond donors (Lipinski definition) is 5. The number of amides is 4. The van der Waals surface area contributed by atoms with Crippen molar-refractivity contribution < 1.29 is 37.9 Å². The highest BCUT2D eigenvalue weighted by Gasteiger charge is 2.26. The third-order valence-corrected chi connectivity index (χ3v) is 5.23.